The van der Waals surface area contributed by atoms with Gasteiger partial charge in [0.15, 0.2) is 11.5 Å². The van der Waals surface area contributed by atoms with Gasteiger partial charge >= 0.3 is 0 Å². The van der Waals surface area contributed by atoms with Crippen molar-refractivity contribution in [2.45, 2.75) is 30.2 Å². The van der Waals surface area contributed by atoms with E-state index in [1.54, 1.807) is 12.1 Å². The van der Waals surface area contributed by atoms with Crippen LogP contribution in [0.3, 0.4) is 0 Å². The SMILES string of the molecule is O=C(NCCc1ccc2c(c1)OCO2)c1cccc(S(=O)(=O)NC2CC2)c1. The number of benzene rings is 2. The third-order valence-electron chi connectivity index (χ3n) is 4.44. The van der Waals surface area contributed by atoms with Crippen molar-refractivity contribution in [3.05, 3.63) is 53.6 Å². The molecule has 0 unspecified atom stereocenters. The van der Waals surface area contributed by atoms with Crippen LogP contribution in [0.5, 0.6) is 11.5 Å². The van der Waals surface area contributed by atoms with Gasteiger partial charge in [-0.15, -0.1) is 0 Å². The largest absolute Gasteiger partial charge is 0.454 e. The summed E-state index contributed by atoms with van der Waals surface area (Å²) in [5.74, 6) is 1.12. The van der Waals surface area contributed by atoms with Gasteiger partial charge in [-0.05, 0) is 55.2 Å². The number of ether oxygens (including phenoxy) is 2. The minimum atomic E-state index is -3.58. The lowest BCUT2D eigenvalue weighted by Gasteiger charge is -2.09. The molecule has 0 atom stereocenters. The zero-order chi connectivity index (χ0) is 18.9. The topological polar surface area (TPSA) is 93.7 Å². The molecule has 0 bridgehead atoms. The lowest BCUT2D eigenvalue weighted by molar-refractivity contribution is 0.0954. The highest BCUT2D eigenvalue weighted by molar-refractivity contribution is 7.89. The summed E-state index contributed by atoms with van der Waals surface area (Å²) in [7, 11) is -3.58. The molecule has 2 N–H and O–H groups in total. The average Bonchev–Trinajstić information content (AvgIpc) is 3.34. The van der Waals surface area contributed by atoms with Crippen molar-refractivity contribution in [2.24, 2.45) is 0 Å². The van der Waals surface area contributed by atoms with Gasteiger partial charge in [-0.1, -0.05) is 12.1 Å². The van der Waals surface area contributed by atoms with Crippen LogP contribution in [0.25, 0.3) is 0 Å². The summed E-state index contributed by atoms with van der Waals surface area (Å²) < 4.78 is 37.8. The van der Waals surface area contributed by atoms with E-state index in [0.717, 1.165) is 24.2 Å². The molecule has 4 rings (SSSR count). The molecule has 1 saturated carbocycles. The van der Waals surface area contributed by atoms with E-state index >= 15 is 0 Å². The molecule has 0 radical (unpaired) electrons. The Morgan fingerprint density at radius 3 is 2.70 bits per heavy atom. The standard InChI is InChI=1S/C19H20N2O5S/c22-19(20-9-8-13-4-7-17-18(10-13)26-12-25-17)14-2-1-3-16(11-14)27(23,24)21-15-5-6-15/h1-4,7,10-11,15,21H,5-6,8-9,12H2,(H,20,22). The Hall–Kier alpha value is -2.58. The zero-order valence-electron chi connectivity index (χ0n) is 14.6. The number of hydrogen-bond donors (Lipinski definition) is 2. The van der Waals surface area contributed by atoms with E-state index in [-0.39, 0.29) is 23.6 Å². The number of hydrogen-bond acceptors (Lipinski definition) is 5. The molecule has 27 heavy (non-hydrogen) atoms. The number of rotatable bonds is 7. The fourth-order valence-electron chi connectivity index (χ4n) is 2.81. The summed E-state index contributed by atoms with van der Waals surface area (Å²) in [5.41, 5.74) is 1.34. The average molecular weight is 388 g/mol. The van der Waals surface area contributed by atoms with Crippen LogP contribution in [0.1, 0.15) is 28.8 Å². The number of sulfonamides is 1. The fraction of sp³-hybridized carbons (Fsp3) is 0.316. The minimum absolute atomic E-state index is 0.0224. The van der Waals surface area contributed by atoms with Gasteiger partial charge in [0, 0.05) is 18.2 Å². The number of amides is 1. The smallest absolute Gasteiger partial charge is 0.251 e. The van der Waals surface area contributed by atoms with Crippen LogP contribution in [-0.4, -0.2) is 33.7 Å². The molecule has 142 valence electrons. The Labute approximate surface area is 157 Å². The highest BCUT2D eigenvalue weighted by Crippen LogP contribution is 2.32. The maximum absolute atomic E-state index is 12.4. The number of nitrogens with one attached hydrogen (secondary N) is 2. The van der Waals surface area contributed by atoms with Crippen molar-refractivity contribution in [2.75, 3.05) is 13.3 Å². The third kappa shape index (κ3) is 4.23. The summed E-state index contributed by atoms with van der Waals surface area (Å²) in [4.78, 5) is 12.5. The molecule has 2 aromatic rings. The van der Waals surface area contributed by atoms with Gasteiger partial charge in [0.05, 0.1) is 4.90 Å². The monoisotopic (exact) mass is 388 g/mol. The predicted molar refractivity (Wildman–Crippen MR) is 98.4 cm³/mol. The number of fused-ring (bicyclic) bond motifs is 1. The molecular weight excluding hydrogens is 368 g/mol. The van der Waals surface area contributed by atoms with Crippen LogP contribution in [0.15, 0.2) is 47.4 Å². The second kappa shape index (κ2) is 7.21. The van der Waals surface area contributed by atoms with E-state index in [4.69, 9.17) is 9.47 Å². The summed E-state index contributed by atoms with van der Waals surface area (Å²) in [5, 5.41) is 2.82. The predicted octanol–water partition coefficient (Wildman–Crippen LogP) is 1.83. The molecule has 1 heterocycles. The zero-order valence-corrected chi connectivity index (χ0v) is 15.4. The third-order valence-corrected chi connectivity index (χ3v) is 5.96. The van der Waals surface area contributed by atoms with Gasteiger partial charge in [-0.3, -0.25) is 4.79 Å². The molecule has 0 saturated heterocycles. The molecule has 2 aromatic carbocycles. The van der Waals surface area contributed by atoms with Gasteiger partial charge in [0.2, 0.25) is 16.8 Å². The molecule has 1 aliphatic heterocycles. The molecule has 0 spiro atoms. The lowest BCUT2D eigenvalue weighted by atomic mass is 10.1. The van der Waals surface area contributed by atoms with Crippen LogP contribution in [0.4, 0.5) is 0 Å². The van der Waals surface area contributed by atoms with Gasteiger partial charge < -0.3 is 14.8 Å². The van der Waals surface area contributed by atoms with Crippen LogP contribution in [0.2, 0.25) is 0 Å². The van der Waals surface area contributed by atoms with Crippen molar-refractivity contribution >= 4 is 15.9 Å². The quantitative estimate of drug-likeness (QED) is 0.755. The summed E-state index contributed by atoms with van der Waals surface area (Å²) in [6.07, 6.45) is 2.35. The Bertz CT molecular complexity index is 970. The number of carbonyl (C=O) groups excluding carboxylic acids is 1. The second-order valence-corrected chi connectivity index (χ2v) is 8.33. The summed E-state index contributed by atoms with van der Waals surface area (Å²) >= 11 is 0. The Balaban J connectivity index is 1.36. The fourth-order valence-corrected chi connectivity index (χ4v) is 4.16. The molecular formula is C19H20N2O5S. The van der Waals surface area contributed by atoms with Crippen molar-refractivity contribution in [3.8, 4) is 11.5 Å². The first-order valence-electron chi connectivity index (χ1n) is 8.80. The second-order valence-electron chi connectivity index (χ2n) is 6.62. The minimum Gasteiger partial charge on any atom is -0.454 e. The Morgan fingerprint density at radius 2 is 1.89 bits per heavy atom. The Morgan fingerprint density at radius 1 is 1.07 bits per heavy atom. The Kier molecular flexibility index (Phi) is 4.75. The maximum Gasteiger partial charge on any atom is 0.251 e. The van der Waals surface area contributed by atoms with Gasteiger partial charge in [0.1, 0.15) is 0 Å². The van der Waals surface area contributed by atoms with Crippen LogP contribution >= 0.6 is 0 Å². The maximum atomic E-state index is 12.4. The lowest BCUT2D eigenvalue weighted by Crippen LogP contribution is -2.28. The van der Waals surface area contributed by atoms with Crippen LogP contribution in [0, 0.1) is 0 Å². The molecule has 1 amide bonds. The van der Waals surface area contributed by atoms with Crippen molar-refractivity contribution in [1.29, 1.82) is 0 Å². The normalized spacial score (nSPS) is 15.6. The van der Waals surface area contributed by atoms with E-state index in [1.165, 1.54) is 12.1 Å². The van der Waals surface area contributed by atoms with E-state index in [1.807, 2.05) is 18.2 Å². The van der Waals surface area contributed by atoms with E-state index in [2.05, 4.69) is 10.0 Å². The molecule has 2 aliphatic rings. The molecule has 1 aliphatic carbocycles. The van der Waals surface area contributed by atoms with Crippen molar-refractivity contribution in [3.63, 3.8) is 0 Å². The van der Waals surface area contributed by atoms with E-state index in [0.29, 0.717) is 24.3 Å². The number of carbonyl (C=O) groups is 1. The van der Waals surface area contributed by atoms with Crippen LogP contribution in [-0.2, 0) is 16.4 Å². The summed E-state index contributed by atoms with van der Waals surface area (Å²) in [6, 6.07) is 11.8. The van der Waals surface area contributed by atoms with Gasteiger partial charge in [-0.25, -0.2) is 13.1 Å². The van der Waals surface area contributed by atoms with Crippen LogP contribution < -0.4 is 19.5 Å². The van der Waals surface area contributed by atoms with Crippen molar-refractivity contribution < 1.29 is 22.7 Å². The first kappa shape index (κ1) is 17.8. The molecule has 0 aromatic heterocycles. The van der Waals surface area contributed by atoms with Gasteiger partial charge in [0.25, 0.3) is 5.91 Å². The molecule has 8 heteroatoms. The highest BCUT2D eigenvalue weighted by atomic mass is 32.2. The highest BCUT2D eigenvalue weighted by Gasteiger charge is 2.28. The first-order chi connectivity index (χ1) is 13.0. The summed E-state index contributed by atoms with van der Waals surface area (Å²) in [6.45, 7) is 0.653. The van der Waals surface area contributed by atoms with E-state index < -0.39 is 10.0 Å². The van der Waals surface area contributed by atoms with Gasteiger partial charge in [-0.2, -0.15) is 0 Å². The first-order valence-corrected chi connectivity index (χ1v) is 10.3. The van der Waals surface area contributed by atoms with E-state index in [9.17, 15) is 13.2 Å². The van der Waals surface area contributed by atoms with Crippen molar-refractivity contribution in [1.82, 2.24) is 10.0 Å². The molecule has 1 fully saturated rings. The molecule has 7 nitrogen and oxygen atoms in total.